The fourth-order valence-corrected chi connectivity index (χ4v) is 3.08. The fraction of sp³-hybridized carbons (Fsp3) is 0.0385. The summed E-state index contributed by atoms with van der Waals surface area (Å²) in [6.45, 7) is 1.91. The normalized spacial score (nSPS) is 10.6. The molecule has 2 amide bonds. The Morgan fingerprint density at radius 3 is 2.56 bits per heavy atom. The van der Waals surface area contributed by atoms with Crippen LogP contribution in [0.15, 0.2) is 91.4 Å². The van der Waals surface area contributed by atoms with Crippen molar-refractivity contribution in [2.75, 3.05) is 5.32 Å². The van der Waals surface area contributed by atoms with Gasteiger partial charge in [-0.2, -0.15) is 0 Å². The van der Waals surface area contributed by atoms with E-state index in [1.54, 1.807) is 48.9 Å². The number of amides is 2. The van der Waals surface area contributed by atoms with Crippen LogP contribution in [0.3, 0.4) is 0 Å². The Labute approximate surface area is 196 Å². The van der Waals surface area contributed by atoms with Crippen molar-refractivity contribution in [3.8, 4) is 11.3 Å². The third kappa shape index (κ3) is 5.89. The standard InChI is InChI=1S/C26H22N6O2/c1-18-9-11-20(25(34)32-31-24(33)12-10-19-6-3-2-4-7-19)16-23(18)30-26-28-15-13-22(29-26)21-8-5-14-27-17-21/h2-17H,1H3,(H,31,33)(H,32,34)(H,28,29,30)/b12-10+. The number of hydrogen-bond acceptors (Lipinski definition) is 6. The lowest BCUT2D eigenvalue weighted by Gasteiger charge is -2.11. The number of carbonyl (C=O) groups is 2. The van der Waals surface area contributed by atoms with E-state index in [-0.39, 0.29) is 0 Å². The zero-order chi connectivity index (χ0) is 23.8. The van der Waals surface area contributed by atoms with Gasteiger partial charge in [-0.15, -0.1) is 0 Å². The third-order valence-corrected chi connectivity index (χ3v) is 4.89. The van der Waals surface area contributed by atoms with Crippen LogP contribution in [0.5, 0.6) is 0 Å². The molecule has 0 saturated heterocycles. The molecule has 3 N–H and O–H groups in total. The molecule has 34 heavy (non-hydrogen) atoms. The highest BCUT2D eigenvalue weighted by Crippen LogP contribution is 2.22. The van der Waals surface area contributed by atoms with Gasteiger partial charge >= 0.3 is 0 Å². The number of anilines is 2. The summed E-state index contributed by atoms with van der Waals surface area (Å²) in [5.41, 5.74) is 9.22. The van der Waals surface area contributed by atoms with E-state index in [1.807, 2.05) is 49.4 Å². The van der Waals surface area contributed by atoms with E-state index in [1.165, 1.54) is 6.08 Å². The topological polar surface area (TPSA) is 109 Å². The first-order valence-corrected chi connectivity index (χ1v) is 10.5. The van der Waals surface area contributed by atoms with Crippen LogP contribution >= 0.6 is 0 Å². The van der Waals surface area contributed by atoms with E-state index in [9.17, 15) is 9.59 Å². The van der Waals surface area contributed by atoms with Crippen molar-refractivity contribution in [2.24, 2.45) is 0 Å². The van der Waals surface area contributed by atoms with Crippen LogP contribution in [0.2, 0.25) is 0 Å². The molecule has 2 aromatic heterocycles. The minimum atomic E-state index is -0.449. The summed E-state index contributed by atoms with van der Waals surface area (Å²) < 4.78 is 0. The van der Waals surface area contributed by atoms with Crippen molar-refractivity contribution in [3.05, 3.63) is 108 Å². The predicted molar refractivity (Wildman–Crippen MR) is 131 cm³/mol. The van der Waals surface area contributed by atoms with Crippen LogP contribution in [-0.2, 0) is 4.79 Å². The zero-order valence-corrected chi connectivity index (χ0v) is 18.4. The molecule has 0 saturated carbocycles. The first kappa shape index (κ1) is 22.3. The molecule has 0 radical (unpaired) electrons. The highest BCUT2D eigenvalue weighted by atomic mass is 16.2. The van der Waals surface area contributed by atoms with Crippen molar-refractivity contribution in [1.29, 1.82) is 0 Å². The lowest BCUT2D eigenvalue weighted by molar-refractivity contribution is -0.117. The number of carbonyl (C=O) groups excluding carboxylic acids is 2. The second-order valence-corrected chi connectivity index (χ2v) is 7.35. The molecule has 8 nitrogen and oxygen atoms in total. The monoisotopic (exact) mass is 450 g/mol. The number of pyridine rings is 1. The molecule has 8 heteroatoms. The highest BCUT2D eigenvalue weighted by Gasteiger charge is 2.10. The largest absolute Gasteiger partial charge is 0.324 e. The Balaban J connectivity index is 1.41. The Hall–Kier alpha value is -4.85. The lowest BCUT2D eigenvalue weighted by atomic mass is 10.1. The molecule has 0 aliphatic carbocycles. The molecule has 0 aliphatic heterocycles. The fourth-order valence-electron chi connectivity index (χ4n) is 3.08. The van der Waals surface area contributed by atoms with E-state index in [2.05, 4.69) is 31.1 Å². The van der Waals surface area contributed by atoms with E-state index in [0.717, 1.165) is 22.4 Å². The Morgan fingerprint density at radius 2 is 1.76 bits per heavy atom. The second-order valence-electron chi connectivity index (χ2n) is 7.35. The van der Waals surface area contributed by atoms with Crippen molar-refractivity contribution < 1.29 is 9.59 Å². The van der Waals surface area contributed by atoms with Gasteiger partial charge in [0.2, 0.25) is 5.95 Å². The summed E-state index contributed by atoms with van der Waals surface area (Å²) in [5.74, 6) is -0.501. The molecule has 0 atom stereocenters. The van der Waals surface area contributed by atoms with Crippen LogP contribution in [0.4, 0.5) is 11.6 Å². The number of nitrogens with one attached hydrogen (secondary N) is 3. The summed E-state index contributed by atoms with van der Waals surface area (Å²) in [6, 6.07) is 20.1. The van der Waals surface area contributed by atoms with Crippen molar-refractivity contribution in [2.45, 2.75) is 6.92 Å². The molecule has 0 aliphatic rings. The van der Waals surface area contributed by atoms with Crippen LogP contribution < -0.4 is 16.2 Å². The van der Waals surface area contributed by atoms with Crippen LogP contribution in [-0.4, -0.2) is 26.8 Å². The van der Waals surface area contributed by atoms with E-state index < -0.39 is 11.8 Å². The summed E-state index contributed by atoms with van der Waals surface area (Å²) in [4.78, 5) is 37.5. The first-order valence-electron chi connectivity index (χ1n) is 10.5. The average Bonchev–Trinajstić information content (AvgIpc) is 2.88. The summed E-state index contributed by atoms with van der Waals surface area (Å²) in [5, 5.41) is 3.16. The lowest BCUT2D eigenvalue weighted by Crippen LogP contribution is -2.40. The average molecular weight is 451 g/mol. The number of hydrogen-bond donors (Lipinski definition) is 3. The third-order valence-electron chi connectivity index (χ3n) is 4.89. The van der Waals surface area contributed by atoms with Gasteiger partial charge in [0.15, 0.2) is 0 Å². The van der Waals surface area contributed by atoms with Gasteiger partial charge in [0.1, 0.15) is 0 Å². The van der Waals surface area contributed by atoms with Gasteiger partial charge in [0, 0.05) is 41.5 Å². The van der Waals surface area contributed by atoms with Crippen LogP contribution in [0, 0.1) is 6.92 Å². The minimum Gasteiger partial charge on any atom is -0.324 e. The number of aryl methyl sites for hydroxylation is 1. The second kappa shape index (κ2) is 10.6. The van der Waals surface area contributed by atoms with Crippen LogP contribution in [0.25, 0.3) is 17.3 Å². The van der Waals surface area contributed by atoms with Crippen LogP contribution in [0.1, 0.15) is 21.5 Å². The molecular formula is C26H22N6O2. The molecule has 0 unspecified atom stereocenters. The Kier molecular flexibility index (Phi) is 7.00. The number of benzene rings is 2. The molecule has 2 aromatic carbocycles. The molecular weight excluding hydrogens is 428 g/mol. The van der Waals surface area contributed by atoms with E-state index >= 15 is 0 Å². The summed E-state index contributed by atoms with van der Waals surface area (Å²) in [6.07, 6.45) is 8.10. The first-order chi connectivity index (χ1) is 16.6. The van der Waals surface area contributed by atoms with Gasteiger partial charge in [0.05, 0.1) is 5.69 Å². The number of nitrogens with zero attached hydrogens (tertiary/aromatic N) is 3. The van der Waals surface area contributed by atoms with Gasteiger partial charge in [-0.25, -0.2) is 9.97 Å². The Morgan fingerprint density at radius 1 is 0.912 bits per heavy atom. The molecule has 0 spiro atoms. The molecule has 0 fully saturated rings. The van der Waals surface area contributed by atoms with E-state index in [4.69, 9.17) is 0 Å². The van der Waals surface area contributed by atoms with Gasteiger partial charge < -0.3 is 5.32 Å². The molecule has 4 aromatic rings. The molecule has 0 bridgehead atoms. The maximum atomic E-state index is 12.6. The van der Waals surface area contributed by atoms with Gasteiger partial charge in [0.25, 0.3) is 11.8 Å². The maximum absolute atomic E-state index is 12.6. The smallest absolute Gasteiger partial charge is 0.269 e. The quantitative estimate of drug-likeness (QED) is 0.302. The Bertz CT molecular complexity index is 1320. The van der Waals surface area contributed by atoms with Crippen molar-refractivity contribution in [1.82, 2.24) is 25.8 Å². The summed E-state index contributed by atoms with van der Waals surface area (Å²) >= 11 is 0. The van der Waals surface area contributed by atoms with Gasteiger partial charge in [-0.3, -0.25) is 25.4 Å². The summed E-state index contributed by atoms with van der Waals surface area (Å²) in [7, 11) is 0. The van der Waals surface area contributed by atoms with Gasteiger partial charge in [-0.1, -0.05) is 36.4 Å². The number of hydrazine groups is 1. The molecule has 168 valence electrons. The minimum absolute atomic E-state index is 0.365. The van der Waals surface area contributed by atoms with Crippen molar-refractivity contribution in [3.63, 3.8) is 0 Å². The maximum Gasteiger partial charge on any atom is 0.269 e. The molecule has 2 heterocycles. The SMILES string of the molecule is Cc1ccc(C(=O)NNC(=O)/C=C/c2ccccc2)cc1Nc1nccc(-c2cccnc2)n1. The molecule has 4 rings (SSSR count). The predicted octanol–water partition coefficient (Wildman–Crippen LogP) is 4.07. The van der Waals surface area contributed by atoms with Gasteiger partial charge in [-0.05, 0) is 54.5 Å². The van der Waals surface area contributed by atoms with Crippen molar-refractivity contribution >= 4 is 29.5 Å². The van der Waals surface area contributed by atoms with E-state index in [0.29, 0.717) is 17.2 Å². The highest BCUT2D eigenvalue weighted by molar-refractivity contribution is 5.98. The zero-order valence-electron chi connectivity index (χ0n) is 18.4. The number of aromatic nitrogens is 3. The number of rotatable bonds is 6.